The van der Waals surface area contributed by atoms with E-state index in [1.165, 1.54) is 6.07 Å². The highest BCUT2D eigenvalue weighted by molar-refractivity contribution is 9.10. The predicted molar refractivity (Wildman–Crippen MR) is 156 cm³/mol. The van der Waals surface area contributed by atoms with Crippen LogP contribution in [0.5, 0.6) is 11.5 Å². The van der Waals surface area contributed by atoms with Crippen LogP contribution in [0.3, 0.4) is 0 Å². The van der Waals surface area contributed by atoms with Crippen molar-refractivity contribution in [3.8, 4) is 11.5 Å². The molecule has 0 atom stereocenters. The van der Waals surface area contributed by atoms with Crippen molar-refractivity contribution in [2.45, 2.75) is 77.8 Å². The number of rotatable bonds is 5. The quantitative estimate of drug-likeness (QED) is 0.142. The highest BCUT2D eigenvalue weighted by atomic mass is 79.9. The van der Waals surface area contributed by atoms with Gasteiger partial charge in [-0.25, -0.2) is 0 Å². The lowest BCUT2D eigenvalue weighted by molar-refractivity contribution is -0.383. The number of benzene rings is 2. The number of hydrogen-bond acceptors (Lipinski definition) is 7. The fourth-order valence-electron chi connectivity index (χ4n) is 2.33. The average Bonchev–Trinajstić information content (AvgIpc) is 2.65. The molecule has 0 bridgehead atoms. The summed E-state index contributed by atoms with van der Waals surface area (Å²) in [6, 6.07) is 8.33. The van der Waals surface area contributed by atoms with Crippen LogP contribution in [-0.2, 0) is 0 Å². The third-order valence-electron chi connectivity index (χ3n) is 6.72. The summed E-state index contributed by atoms with van der Waals surface area (Å²) in [5.74, 6) is 1.10. The summed E-state index contributed by atoms with van der Waals surface area (Å²) in [7, 11) is -3.92. The van der Waals surface area contributed by atoms with Gasteiger partial charge in [0.1, 0.15) is 11.5 Å². The predicted octanol–water partition coefficient (Wildman–Crippen LogP) is 7.56. The molecule has 0 amide bonds. The fraction of sp³-hybridized carbons (Fsp3) is 0.500. The summed E-state index contributed by atoms with van der Waals surface area (Å²) in [6.45, 7) is 21.4. The third-order valence-corrected chi connectivity index (χ3v) is 15.9. The third kappa shape index (κ3) is 7.87. The molecule has 0 fully saturated rings. The van der Waals surface area contributed by atoms with Gasteiger partial charge in [0.2, 0.25) is 0 Å². The van der Waals surface area contributed by atoms with Gasteiger partial charge < -0.3 is 26.1 Å². The normalized spacial score (nSPS) is 12.4. The Bertz CT molecular complexity index is 1060. The van der Waals surface area contributed by atoms with E-state index in [9.17, 15) is 10.1 Å². The lowest BCUT2D eigenvalue weighted by Crippen LogP contribution is -2.44. The van der Waals surface area contributed by atoms with Crippen LogP contribution >= 0.6 is 15.9 Å². The summed E-state index contributed by atoms with van der Waals surface area (Å²) >= 11 is 3.41. The molecule has 0 aliphatic carbocycles. The topological polar surface area (TPSA) is 140 Å². The van der Waals surface area contributed by atoms with Crippen LogP contribution in [0.25, 0.3) is 0 Å². The molecule has 11 heteroatoms. The van der Waals surface area contributed by atoms with Crippen LogP contribution < -0.4 is 26.1 Å². The number of nitrogen functional groups attached to an aromatic ring is 3. The van der Waals surface area contributed by atoms with E-state index in [-0.39, 0.29) is 21.5 Å². The first-order chi connectivity index (χ1) is 15.6. The van der Waals surface area contributed by atoms with Gasteiger partial charge in [0, 0.05) is 10.5 Å². The summed E-state index contributed by atoms with van der Waals surface area (Å²) in [5.41, 5.74) is 18.6. The maximum atomic E-state index is 10.8. The number of halogens is 1. The van der Waals surface area contributed by atoms with Gasteiger partial charge in [-0.15, -0.1) is 0 Å². The van der Waals surface area contributed by atoms with Crippen LogP contribution in [0.1, 0.15) is 41.5 Å². The molecule has 0 heterocycles. The number of nitro groups is 1. The van der Waals surface area contributed by atoms with Gasteiger partial charge in [0.25, 0.3) is 22.3 Å². The molecule has 196 valence electrons. The molecule has 0 radical (unpaired) electrons. The van der Waals surface area contributed by atoms with Crippen LogP contribution in [-0.4, -0.2) is 21.6 Å². The first-order valence-corrected chi connectivity index (χ1v) is 18.0. The number of nitro benzene ring substituents is 1. The maximum absolute atomic E-state index is 10.8. The van der Waals surface area contributed by atoms with Crippen LogP contribution in [0, 0.1) is 10.1 Å². The van der Waals surface area contributed by atoms with Crippen molar-refractivity contribution >= 4 is 55.3 Å². The average molecular weight is 586 g/mol. The van der Waals surface area contributed by atoms with Crippen molar-refractivity contribution in [3.63, 3.8) is 0 Å². The van der Waals surface area contributed by atoms with Crippen molar-refractivity contribution < 1.29 is 13.8 Å². The molecule has 2 aromatic carbocycles. The minimum Gasteiger partial charge on any atom is -0.542 e. The second-order valence-electron chi connectivity index (χ2n) is 11.6. The van der Waals surface area contributed by atoms with E-state index in [2.05, 4.69) is 83.7 Å². The summed E-state index contributed by atoms with van der Waals surface area (Å²) in [5, 5.41) is 11.0. The first kappa shape index (κ1) is 30.8. The Labute approximate surface area is 220 Å². The summed E-state index contributed by atoms with van der Waals surface area (Å²) in [6.07, 6.45) is 0. The molecule has 0 saturated carbocycles. The summed E-state index contributed by atoms with van der Waals surface area (Å²) < 4.78 is 13.0. The second-order valence-corrected chi connectivity index (χ2v) is 21.9. The first-order valence-electron chi connectivity index (χ1n) is 11.4. The number of para-hydroxylation sites is 1. The van der Waals surface area contributed by atoms with Gasteiger partial charge in [0.05, 0.1) is 16.3 Å². The molecule has 0 spiro atoms. The molecule has 2 rings (SSSR count). The van der Waals surface area contributed by atoms with E-state index in [0.717, 1.165) is 4.47 Å². The Hall–Kier alpha value is -2.25. The lowest BCUT2D eigenvalue weighted by Gasteiger charge is -2.36. The molecule has 0 aromatic heterocycles. The Balaban J connectivity index is 0.000000351. The zero-order valence-electron chi connectivity index (χ0n) is 22.6. The Morgan fingerprint density at radius 2 is 1.29 bits per heavy atom. The van der Waals surface area contributed by atoms with E-state index in [1.807, 2.05) is 6.07 Å². The van der Waals surface area contributed by atoms with Gasteiger partial charge in [0.15, 0.2) is 5.69 Å². The maximum Gasteiger partial charge on any atom is 0.295 e. The second kappa shape index (κ2) is 10.8. The zero-order valence-corrected chi connectivity index (χ0v) is 26.2. The molecular weight excluding hydrogens is 544 g/mol. The molecule has 8 nitrogen and oxygen atoms in total. The number of nitrogens with zero attached hydrogens (tertiary/aromatic N) is 1. The lowest BCUT2D eigenvalue weighted by atomic mass is 10.2. The Morgan fingerprint density at radius 1 is 0.829 bits per heavy atom. The number of anilines is 3. The van der Waals surface area contributed by atoms with Crippen molar-refractivity contribution in [1.82, 2.24) is 0 Å². The summed E-state index contributed by atoms with van der Waals surface area (Å²) in [4.78, 5) is 10.3. The molecule has 0 unspecified atom stereocenters. The van der Waals surface area contributed by atoms with Crippen molar-refractivity contribution in [1.29, 1.82) is 0 Å². The van der Waals surface area contributed by atoms with Crippen molar-refractivity contribution in [2.75, 3.05) is 17.2 Å². The van der Waals surface area contributed by atoms with Gasteiger partial charge >= 0.3 is 0 Å². The molecular formula is C24H41BrN4O4Si2. The highest BCUT2D eigenvalue weighted by Gasteiger charge is 2.40. The Kier molecular flexibility index (Phi) is 9.49. The van der Waals surface area contributed by atoms with Crippen LogP contribution in [0.4, 0.5) is 22.7 Å². The standard InChI is InChI=1S/C12H21BrN2OSi.C12H20N2O3Si/c1-12(2,3)17(4,5)16-10-7-8(13)6-9(14)11(10)15;1-12(2,3)18(4,5)17-10-8-6-7-9(11(10)13)14(15)16/h6-7H,14-15H2,1-5H3;6-8H,13H2,1-5H3. The SMILES string of the molecule is CC(C)(C)[Si](C)(C)Oc1cc(Br)cc(N)c1N.CC(C)(C)[Si](C)(C)Oc1cccc([N+](=O)[O-])c1N. The Morgan fingerprint density at radius 3 is 1.71 bits per heavy atom. The zero-order chi connectivity index (χ0) is 27.6. The van der Waals surface area contributed by atoms with E-state index in [0.29, 0.717) is 22.9 Å². The highest BCUT2D eigenvalue weighted by Crippen LogP contribution is 2.42. The molecule has 0 aliphatic heterocycles. The van der Waals surface area contributed by atoms with Crippen LogP contribution in [0.2, 0.25) is 36.3 Å². The van der Waals surface area contributed by atoms with Gasteiger partial charge in [-0.05, 0) is 54.5 Å². The molecule has 0 aliphatic rings. The van der Waals surface area contributed by atoms with Crippen molar-refractivity contribution in [3.05, 3.63) is 44.9 Å². The van der Waals surface area contributed by atoms with Gasteiger partial charge in [-0.2, -0.15) is 0 Å². The molecule has 35 heavy (non-hydrogen) atoms. The molecule has 6 N–H and O–H groups in total. The monoisotopic (exact) mass is 584 g/mol. The molecule has 2 aromatic rings. The van der Waals surface area contributed by atoms with Gasteiger partial charge in [-0.3, -0.25) is 10.1 Å². The minimum atomic E-state index is -2.04. The number of nitrogens with two attached hydrogens (primary N) is 3. The minimum absolute atomic E-state index is 0.0179. The fourth-order valence-corrected chi connectivity index (χ4v) is 4.85. The van der Waals surface area contributed by atoms with E-state index in [4.69, 9.17) is 26.1 Å². The van der Waals surface area contributed by atoms with Gasteiger partial charge in [-0.1, -0.05) is 63.5 Å². The smallest absolute Gasteiger partial charge is 0.295 e. The largest absolute Gasteiger partial charge is 0.542 e. The molecule has 0 saturated heterocycles. The van der Waals surface area contributed by atoms with E-state index < -0.39 is 21.6 Å². The number of hydrogen-bond donors (Lipinski definition) is 3. The van der Waals surface area contributed by atoms with E-state index in [1.54, 1.807) is 18.2 Å². The van der Waals surface area contributed by atoms with E-state index >= 15 is 0 Å². The van der Waals surface area contributed by atoms with Crippen LogP contribution in [0.15, 0.2) is 34.8 Å². The van der Waals surface area contributed by atoms with Crippen molar-refractivity contribution in [2.24, 2.45) is 0 Å².